The summed E-state index contributed by atoms with van der Waals surface area (Å²) in [5.74, 6) is 0.0796. The lowest BCUT2D eigenvalue weighted by atomic mass is 10.1. The van der Waals surface area contributed by atoms with E-state index < -0.39 is 5.97 Å². The van der Waals surface area contributed by atoms with Crippen molar-refractivity contribution in [1.82, 2.24) is 9.97 Å². The number of hydrogen-bond acceptors (Lipinski definition) is 5. The molecule has 0 bridgehead atoms. The molecule has 0 spiro atoms. The van der Waals surface area contributed by atoms with Crippen LogP contribution < -0.4 is 5.32 Å². The highest BCUT2D eigenvalue weighted by Crippen LogP contribution is 2.28. The van der Waals surface area contributed by atoms with Crippen LogP contribution in [0.3, 0.4) is 0 Å². The van der Waals surface area contributed by atoms with Gasteiger partial charge in [-0.15, -0.1) is 11.3 Å². The van der Waals surface area contributed by atoms with Crippen molar-refractivity contribution >= 4 is 33.3 Å². The lowest BCUT2D eigenvalue weighted by Gasteiger charge is -2.11. The van der Waals surface area contributed by atoms with Crippen LogP contribution in [-0.4, -0.2) is 27.6 Å². The topological polar surface area (TPSA) is 75.1 Å². The van der Waals surface area contributed by atoms with Crippen molar-refractivity contribution in [2.24, 2.45) is 5.92 Å². The predicted molar refractivity (Wildman–Crippen MR) is 76.7 cm³/mol. The van der Waals surface area contributed by atoms with Crippen molar-refractivity contribution in [3.05, 3.63) is 17.3 Å². The zero-order valence-corrected chi connectivity index (χ0v) is 11.8. The van der Waals surface area contributed by atoms with E-state index in [1.807, 2.05) is 6.92 Å². The van der Waals surface area contributed by atoms with E-state index in [-0.39, 0.29) is 12.3 Å². The van der Waals surface area contributed by atoms with Gasteiger partial charge in [0, 0.05) is 17.8 Å². The second kappa shape index (κ2) is 5.97. The molecule has 0 saturated heterocycles. The minimum Gasteiger partial charge on any atom is -0.481 e. The monoisotopic (exact) mass is 279 g/mol. The Morgan fingerprint density at radius 1 is 1.53 bits per heavy atom. The number of carboxylic acids is 1. The van der Waals surface area contributed by atoms with Crippen LogP contribution in [0.4, 0.5) is 5.82 Å². The Kier molecular flexibility index (Phi) is 4.31. The summed E-state index contributed by atoms with van der Waals surface area (Å²) in [6, 6.07) is 2.10. The third kappa shape index (κ3) is 3.41. The molecule has 1 unspecified atom stereocenters. The van der Waals surface area contributed by atoms with Gasteiger partial charge in [-0.3, -0.25) is 4.79 Å². The normalized spacial score (nSPS) is 12.5. The zero-order chi connectivity index (χ0) is 13.8. The van der Waals surface area contributed by atoms with E-state index in [9.17, 15) is 4.79 Å². The van der Waals surface area contributed by atoms with E-state index in [0.29, 0.717) is 6.54 Å². The van der Waals surface area contributed by atoms with Gasteiger partial charge in [0.1, 0.15) is 17.0 Å². The number of rotatable bonds is 6. The molecule has 19 heavy (non-hydrogen) atoms. The van der Waals surface area contributed by atoms with Crippen molar-refractivity contribution in [2.75, 3.05) is 11.9 Å². The molecule has 5 nitrogen and oxygen atoms in total. The number of anilines is 1. The first kappa shape index (κ1) is 13.7. The molecule has 0 aliphatic carbocycles. The standard InChI is InChI=1S/C13H17N3O2S/c1-3-9-5-10-12(15-7-16-13(10)19-9)14-6-8(2)4-11(17)18/h5,7-8H,3-4,6H2,1-2H3,(H,17,18)(H,14,15,16). The molecule has 0 aliphatic rings. The molecule has 2 N–H and O–H groups in total. The molecule has 2 aromatic rings. The van der Waals surface area contributed by atoms with Crippen molar-refractivity contribution in [2.45, 2.75) is 26.7 Å². The number of aliphatic carboxylic acids is 1. The third-order valence-electron chi connectivity index (χ3n) is 2.87. The maximum atomic E-state index is 10.6. The summed E-state index contributed by atoms with van der Waals surface area (Å²) in [6.45, 7) is 4.61. The smallest absolute Gasteiger partial charge is 0.303 e. The number of carbonyl (C=O) groups is 1. The first-order valence-corrected chi connectivity index (χ1v) is 7.11. The molecule has 0 radical (unpaired) electrons. The summed E-state index contributed by atoms with van der Waals surface area (Å²) in [5, 5.41) is 13.0. The van der Waals surface area contributed by atoms with E-state index in [1.54, 1.807) is 17.7 Å². The van der Waals surface area contributed by atoms with Crippen LogP contribution in [0.25, 0.3) is 10.2 Å². The highest BCUT2D eigenvalue weighted by atomic mass is 32.1. The maximum absolute atomic E-state index is 10.6. The number of nitrogens with one attached hydrogen (secondary N) is 1. The average molecular weight is 279 g/mol. The molecule has 0 aliphatic heterocycles. The lowest BCUT2D eigenvalue weighted by Crippen LogP contribution is -2.15. The molecule has 0 aromatic carbocycles. The molecule has 0 fully saturated rings. The van der Waals surface area contributed by atoms with Crippen LogP contribution >= 0.6 is 11.3 Å². The second-order valence-corrected chi connectivity index (χ2v) is 5.71. The Balaban J connectivity index is 2.12. The summed E-state index contributed by atoms with van der Waals surface area (Å²) < 4.78 is 0. The first-order valence-electron chi connectivity index (χ1n) is 6.29. The minimum absolute atomic E-state index is 0.0618. The second-order valence-electron chi connectivity index (χ2n) is 4.59. The Hall–Kier alpha value is -1.69. The van der Waals surface area contributed by atoms with Gasteiger partial charge in [0.05, 0.1) is 5.39 Å². The van der Waals surface area contributed by atoms with Gasteiger partial charge in [0.15, 0.2) is 0 Å². The fourth-order valence-corrected chi connectivity index (χ4v) is 2.80. The number of fused-ring (bicyclic) bond motifs is 1. The molecule has 2 heterocycles. The Morgan fingerprint density at radius 3 is 3.00 bits per heavy atom. The molecular weight excluding hydrogens is 262 g/mol. The van der Waals surface area contributed by atoms with Crippen molar-refractivity contribution < 1.29 is 9.90 Å². The van der Waals surface area contributed by atoms with Crippen molar-refractivity contribution in [1.29, 1.82) is 0 Å². The van der Waals surface area contributed by atoms with E-state index in [2.05, 4.69) is 28.3 Å². The predicted octanol–water partition coefficient (Wildman–Crippen LogP) is 2.78. The van der Waals surface area contributed by atoms with Crippen LogP contribution in [0, 0.1) is 5.92 Å². The van der Waals surface area contributed by atoms with Gasteiger partial charge in [0.25, 0.3) is 0 Å². The average Bonchev–Trinajstić information content (AvgIpc) is 2.78. The minimum atomic E-state index is -0.772. The number of hydrogen-bond donors (Lipinski definition) is 2. The van der Waals surface area contributed by atoms with Crippen LogP contribution in [0.2, 0.25) is 0 Å². The van der Waals surface area contributed by atoms with Crippen LogP contribution in [0.5, 0.6) is 0 Å². The van der Waals surface area contributed by atoms with Gasteiger partial charge in [-0.1, -0.05) is 13.8 Å². The van der Waals surface area contributed by atoms with Gasteiger partial charge in [-0.2, -0.15) is 0 Å². The number of thiophene rings is 1. The maximum Gasteiger partial charge on any atom is 0.303 e. The van der Waals surface area contributed by atoms with Crippen molar-refractivity contribution in [3.63, 3.8) is 0 Å². The SMILES string of the molecule is CCc1cc2c(NCC(C)CC(=O)O)ncnc2s1. The van der Waals surface area contributed by atoms with Crippen LogP contribution in [-0.2, 0) is 11.2 Å². The van der Waals surface area contributed by atoms with Crippen molar-refractivity contribution in [3.8, 4) is 0 Å². The molecule has 102 valence electrons. The van der Waals surface area contributed by atoms with Gasteiger partial charge in [-0.25, -0.2) is 9.97 Å². The Morgan fingerprint density at radius 2 is 2.32 bits per heavy atom. The van der Waals surface area contributed by atoms with Crippen LogP contribution in [0.15, 0.2) is 12.4 Å². The number of aryl methyl sites for hydroxylation is 1. The van der Waals surface area contributed by atoms with Gasteiger partial charge in [-0.05, 0) is 18.4 Å². The Labute approximate surface area is 115 Å². The number of carboxylic acid groups (broad SMARTS) is 1. The summed E-state index contributed by atoms with van der Waals surface area (Å²) >= 11 is 1.67. The van der Waals surface area contributed by atoms with E-state index in [0.717, 1.165) is 22.5 Å². The summed E-state index contributed by atoms with van der Waals surface area (Å²) in [6.07, 6.45) is 2.68. The zero-order valence-electron chi connectivity index (χ0n) is 11.0. The first-order chi connectivity index (χ1) is 9.10. The number of aromatic nitrogens is 2. The van der Waals surface area contributed by atoms with E-state index in [4.69, 9.17) is 5.11 Å². The molecule has 2 rings (SSSR count). The highest BCUT2D eigenvalue weighted by molar-refractivity contribution is 7.18. The molecule has 0 saturated carbocycles. The Bertz CT molecular complexity index is 582. The van der Waals surface area contributed by atoms with Gasteiger partial charge in [0.2, 0.25) is 0 Å². The molecule has 6 heteroatoms. The van der Waals surface area contributed by atoms with Gasteiger partial charge < -0.3 is 10.4 Å². The third-order valence-corrected chi connectivity index (χ3v) is 4.06. The molecule has 1 atom stereocenters. The summed E-state index contributed by atoms with van der Waals surface area (Å²) in [5.41, 5.74) is 0. The summed E-state index contributed by atoms with van der Waals surface area (Å²) in [4.78, 5) is 21.4. The van der Waals surface area contributed by atoms with Crippen LogP contribution in [0.1, 0.15) is 25.1 Å². The number of nitrogens with zero attached hydrogens (tertiary/aromatic N) is 2. The lowest BCUT2D eigenvalue weighted by molar-refractivity contribution is -0.137. The fraction of sp³-hybridized carbons (Fsp3) is 0.462. The quantitative estimate of drug-likeness (QED) is 0.850. The highest BCUT2D eigenvalue weighted by Gasteiger charge is 2.11. The van der Waals surface area contributed by atoms with Gasteiger partial charge >= 0.3 is 5.97 Å². The summed E-state index contributed by atoms with van der Waals surface area (Å²) in [7, 11) is 0. The van der Waals surface area contributed by atoms with E-state index >= 15 is 0 Å². The largest absolute Gasteiger partial charge is 0.481 e. The molecule has 0 amide bonds. The fourth-order valence-electron chi connectivity index (χ4n) is 1.86. The molecular formula is C13H17N3O2S. The molecule has 2 aromatic heterocycles. The van der Waals surface area contributed by atoms with E-state index in [1.165, 1.54) is 4.88 Å².